The molecular weight excluding hydrogens is 398 g/mol. The lowest BCUT2D eigenvalue weighted by atomic mass is 10.2. The van der Waals surface area contributed by atoms with E-state index in [1.807, 2.05) is 0 Å². The summed E-state index contributed by atoms with van der Waals surface area (Å²) < 4.78 is 38.0. The highest BCUT2D eigenvalue weighted by Crippen LogP contribution is 2.32. The Bertz CT molecular complexity index is 1010. The lowest BCUT2D eigenvalue weighted by Crippen LogP contribution is -2.28. The van der Waals surface area contributed by atoms with Crippen LogP contribution in [0.1, 0.15) is 13.3 Å². The van der Waals surface area contributed by atoms with Crippen molar-refractivity contribution < 1.29 is 27.5 Å². The smallest absolute Gasteiger partial charge is 0.240 e. The topological polar surface area (TPSA) is 123 Å². The van der Waals surface area contributed by atoms with Gasteiger partial charge in [-0.1, -0.05) is 0 Å². The second-order valence-corrected chi connectivity index (χ2v) is 8.03. The molecule has 1 heterocycles. The molecule has 3 N–H and O–H groups in total. The number of carbonyl (C=O) groups excluding carboxylic acids is 2. The van der Waals surface area contributed by atoms with Crippen molar-refractivity contribution in [1.82, 2.24) is 4.72 Å². The van der Waals surface area contributed by atoms with Gasteiger partial charge in [0.1, 0.15) is 13.2 Å². The van der Waals surface area contributed by atoms with Crippen LogP contribution < -0.4 is 24.8 Å². The Balaban J connectivity index is 1.51. The van der Waals surface area contributed by atoms with Gasteiger partial charge in [0.15, 0.2) is 11.5 Å². The molecule has 1 aliphatic rings. The van der Waals surface area contributed by atoms with Crippen molar-refractivity contribution >= 4 is 33.2 Å². The third-order valence-corrected chi connectivity index (χ3v) is 5.42. The zero-order chi connectivity index (χ0) is 20.9. The molecule has 0 aromatic heterocycles. The number of fused-ring (bicyclic) bond motifs is 1. The Kier molecular flexibility index (Phi) is 6.35. The molecular formula is C19H21N3O6S. The van der Waals surface area contributed by atoms with Crippen LogP contribution in [0.5, 0.6) is 11.5 Å². The van der Waals surface area contributed by atoms with Crippen molar-refractivity contribution in [2.24, 2.45) is 0 Å². The second-order valence-electron chi connectivity index (χ2n) is 6.26. The van der Waals surface area contributed by atoms with Gasteiger partial charge in [-0.3, -0.25) is 9.59 Å². The molecule has 2 aromatic rings. The van der Waals surface area contributed by atoms with Crippen molar-refractivity contribution in [3.05, 3.63) is 42.5 Å². The maximum absolute atomic E-state index is 12.4. The van der Waals surface area contributed by atoms with Gasteiger partial charge in [-0.05, 0) is 36.4 Å². The second kappa shape index (κ2) is 8.93. The van der Waals surface area contributed by atoms with Crippen molar-refractivity contribution in [2.75, 3.05) is 30.4 Å². The summed E-state index contributed by atoms with van der Waals surface area (Å²) in [7, 11) is -3.79. The molecule has 0 atom stereocenters. The van der Waals surface area contributed by atoms with Crippen molar-refractivity contribution in [1.29, 1.82) is 0 Å². The first kappa shape index (κ1) is 20.6. The van der Waals surface area contributed by atoms with E-state index < -0.39 is 10.0 Å². The van der Waals surface area contributed by atoms with Crippen LogP contribution in [-0.4, -0.2) is 40.0 Å². The monoisotopic (exact) mass is 419 g/mol. The van der Waals surface area contributed by atoms with Gasteiger partial charge in [0.25, 0.3) is 0 Å². The molecule has 154 valence electrons. The van der Waals surface area contributed by atoms with Crippen molar-refractivity contribution in [3.8, 4) is 11.5 Å². The van der Waals surface area contributed by atoms with Crippen LogP contribution in [0.25, 0.3) is 0 Å². The third kappa shape index (κ3) is 5.69. The number of benzene rings is 2. The SMILES string of the molecule is CC(=O)Nc1ccc(NC(=O)CCNS(=O)(=O)c2ccc3c(c2)OCCO3)cc1. The van der Waals surface area contributed by atoms with Gasteiger partial charge >= 0.3 is 0 Å². The van der Waals surface area contributed by atoms with E-state index in [2.05, 4.69) is 15.4 Å². The highest BCUT2D eigenvalue weighted by atomic mass is 32.2. The minimum absolute atomic E-state index is 0.0377. The Labute approximate surface area is 168 Å². The van der Waals surface area contributed by atoms with Crippen LogP contribution in [0.3, 0.4) is 0 Å². The molecule has 2 aromatic carbocycles. The number of sulfonamides is 1. The number of anilines is 2. The van der Waals surface area contributed by atoms with E-state index in [4.69, 9.17) is 9.47 Å². The molecule has 29 heavy (non-hydrogen) atoms. The van der Waals surface area contributed by atoms with Gasteiger partial charge in [-0.15, -0.1) is 0 Å². The van der Waals surface area contributed by atoms with Crippen molar-refractivity contribution in [2.45, 2.75) is 18.2 Å². The normalized spacial score (nSPS) is 12.9. The average Bonchev–Trinajstić information content (AvgIpc) is 2.68. The summed E-state index contributed by atoms with van der Waals surface area (Å²) >= 11 is 0. The number of hydrogen-bond donors (Lipinski definition) is 3. The molecule has 0 aliphatic carbocycles. The quantitative estimate of drug-likeness (QED) is 0.628. The Morgan fingerprint density at radius 2 is 1.55 bits per heavy atom. The van der Waals surface area contributed by atoms with Gasteiger partial charge < -0.3 is 20.1 Å². The van der Waals surface area contributed by atoms with E-state index in [1.54, 1.807) is 30.3 Å². The third-order valence-electron chi connectivity index (χ3n) is 3.96. The number of rotatable bonds is 7. The molecule has 0 unspecified atom stereocenters. The molecule has 0 bridgehead atoms. The molecule has 0 saturated heterocycles. The summed E-state index contributed by atoms with van der Waals surface area (Å²) in [5.74, 6) is 0.341. The molecule has 0 radical (unpaired) electrons. The minimum atomic E-state index is -3.79. The average molecular weight is 419 g/mol. The van der Waals surface area contributed by atoms with Gasteiger partial charge in [0.2, 0.25) is 21.8 Å². The molecule has 0 fully saturated rings. The number of hydrogen-bond acceptors (Lipinski definition) is 6. The number of ether oxygens (including phenoxy) is 2. The maximum Gasteiger partial charge on any atom is 0.240 e. The fourth-order valence-electron chi connectivity index (χ4n) is 2.64. The van der Waals surface area contributed by atoms with Crippen LogP contribution in [0, 0.1) is 0 Å². The van der Waals surface area contributed by atoms with E-state index >= 15 is 0 Å². The Morgan fingerprint density at radius 1 is 0.931 bits per heavy atom. The van der Waals surface area contributed by atoms with Crippen LogP contribution in [0.15, 0.2) is 47.4 Å². The van der Waals surface area contributed by atoms with Gasteiger partial charge in [-0.25, -0.2) is 13.1 Å². The van der Waals surface area contributed by atoms with E-state index in [0.717, 1.165) is 0 Å². The lowest BCUT2D eigenvalue weighted by Gasteiger charge is -2.18. The molecule has 3 rings (SSSR count). The van der Waals surface area contributed by atoms with Gasteiger partial charge in [0.05, 0.1) is 4.90 Å². The Morgan fingerprint density at radius 3 is 2.21 bits per heavy atom. The predicted octanol–water partition coefficient (Wildman–Crippen LogP) is 1.72. The molecule has 10 heteroatoms. The first-order valence-electron chi connectivity index (χ1n) is 8.90. The summed E-state index contributed by atoms with van der Waals surface area (Å²) in [4.78, 5) is 23.1. The number of nitrogens with one attached hydrogen (secondary N) is 3. The molecule has 2 amide bonds. The first-order chi connectivity index (χ1) is 13.8. The van der Waals surface area contributed by atoms with Crippen LogP contribution in [0.2, 0.25) is 0 Å². The lowest BCUT2D eigenvalue weighted by molar-refractivity contribution is -0.116. The summed E-state index contributed by atoms with van der Waals surface area (Å²) in [5, 5.41) is 5.29. The molecule has 0 saturated carbocycles. The van der Waals surface area contributed by atoms with E-state index in [1.165, 1.54) is 19.1 Å². The van der Waals surface area contributed by atoms with Gasteiger partial charge in [-0.2, -0.15) is 0 Å². The summed E-state index contributed by atoms with van der Waals surface area (Å²) in [5.41, 5.74) is 1.15. The van der Waals surface area contributed by atoms with Crippen molar-refractivity contribution in [3.63, 3.8) is 0 Å². The van der Waals surface area contributed by atoms with Crippen LogP contribution in [-0.2, 0) is 19.6 Å². The zero-order valence-electron chi connectivity index (χ0n) is 15.7. The Hall–Kier alpha value is -3.11. The van der Waals surface area contributed by atoms with Crippen LogP contribution >= 0.6 is 0 Å². The highest BCUT2D eigenvalue weighted by molar-refractivity contribution is 7.89. The number of carbonyl (C=O) groups is 2. The van der Waals surface area contributed by atoms with E-state index in [-0.39, 0.29) is 29.7 Å². The number of amides is 2. The zero-order valence-corrected chi connectivity index (χ0v) is 16.5. The fourth-order valence-corrected chi connectivity index (χ4v) is 3.68. The minimum Gasteiger partial charge on any atom is -0.486 e. The van der Waals surface area contributed by atoms with Crippen LogP contribution in [0.4, 0.5) is 11.4 Å². The summed E-state index contributed by atoms with van der Waals surface area (Å²) in [6.07, 6.45) is -0.0444. The largest absolute Gasteiger partial charge is 0.486 e. The highest BCUT2D eigenvalue weighted by Gasteiger charge is 2.19. The molecule has 9 nitrogen and oxygen atoms in total. The standard InChI is InChI=1S/C19H21N3O6S/c1-13(23)21-14-2-4-15(5-3-14)22-19(24)8-9-20-29(25,26)16-6-7-17-18(12-16)28-11-10-27-17/h2-7,12,20H,8-11H2,1H3,(H,21,23)(H,22,24). The van der Waals surface area contributed by atoms with Gasteiger partial charge in [0, 0.05) is 37.3 Å². The maximum atomic E-state index is 12.4. The molecule has 1 aliphatic heterocycles. The fraction of sp³-hybridized carbons (Fsp3) is 0.263. The predicted molar refractivity (Wildman–Crippen MR) is 107 cm³/mol. The van der Waals surface area contributed by atoms with E-state index in [9.17, 15) is 18.0 Å². The van der Waals surface area contributed by atoms with E-state index in [0.29, 0.717) is 36.1 Å². The first-order valence-corrected chi connectivity index (χ1v) is 10.4. The summed E-state index contributed by atoms with van der Waals surface area (Å²) in [6.45, 7) is 2.12. The molecule has 0 spiro atoms. The summed E-state index contributed by atoms with van der Waals surface area (Å²) in [6, 6.07) is 11.0.